The minimum Gasteiger partial charge on any atom is -0.481 e. The molecule has 0 atom stereocenters. The number of H-pyrrole nitrogens is 1. The molecule has 2 aromatic carbocycles. The number of halogens is 1. The Hall–Kier alpha value is -2.40. The molecule has 0 aliphatic carbocycles. The Kier molecular flexibility index (Phi) is 3.81. The van der Waals surface area contributed by atoms with E-state index < -0.39 is 5.97 Å². The summed E-state index contributed by atoms with van der Waals surface area (Å²) in [5.74, 6) is -1.03. The molecule has 0 saturated carbocycles. The van der Waals surface area contributed by atoms with E-state index in [2.05, 4.69) is 20.9 Å². The van der Waals surface area contributed by atoms with Crippen LogP contribution in [-0.2, 0) is 11.2 Å². The molecular weight excluding hydrogens is 346 g/mol. The first-order chi connectivity index (χ1) is 10.6. The molecule has 22 heavy (non-hydrogen) atoms. The van der Waals surface area contributed by atoms with Gasteiger partial charge in [-0.2, -0.15) is 0 Å². The number of hydrogen-bond donors (Lipinski definition) is 2. The molecule has 1 heterocycles. The number of rotatable bonds is 3. The molecular formula is C17H12BrNO3. The van der Waals surface area contributed by atoms with Crippen molar-refractivity contribution in [2.24, 2.45) is 0 Å². The van der Waals surface area contributed by atoms with Crippen LogP contribution in [0.3, 0.4) is 0 Å². The molecule has 4 nitrogen and oxygen atoms in total. The zero-order valence-electron chi connectivity index (χ0n) is 11.5. The van der Waals surface area contributed by atoms with Gasteiger partial charge in [-0.1, -0.05) is 46.3 Å². The largest absolute Gasteiger partial charge is 0.481 e. The summed E-state index contributed by atoms with van der Waals surface area (Å²) in [4.78, 5) is 26.2. The second-order valence-electron chi connectivity index (χ2n) is 4.93. The maximum absolute atomic E-state index is 12.3. The molecule has 0 saturated heterocycles. The predicted molar refractivity (Wildman–Crippen MR) is 89.0 cm³/mol. The molecule has 1 aromatic heterocycles. The number of aromatic amines is 1. The highest BCUT2D eigenvalue weighted by molar-refractivity contribution is 9.10. The Morgan fingerprint density at radius 2 is 1.91 bits per heavy atom. The molecule has 0 fully saturated rings. The second-order valence-corrected chi connectivity index (χ2v) is 5.85. The summed E-state index contributed by atoms with van der Waals surface area (Å²) < 4.78 is 0.871. The van der Waals surface area contributed by atoms with Gasteiger partial charge in [0.05, 0.1) is 6.42 Å². The van der Waals surface area contributed by atoms with Crippen molar-refractivity contribution in [3.8, 4) is 11.1 Å². The molecule has 0 bridgehead atoms. The number of carboxylic acids is 1. The number of carbonyl (C=O) groups is 1. The number of hydrogen-bond acceptors (Lipinski definition) is 2. The van der Waals surface area contributed by atoms with E-state index in [1.54, 1.807) is 0 Å². The Labute approximate surface area is 134 Å². The van der Waals surface area contributed by atoms with Crippen molar-refractivity contribution >= 4 is 32.8 Å². The highest BCUT2D eigenvalue weighted by Crippen LogP contribution is 2.31. The quantitative estimate of drug-likeness (QED) is 0.752. The van der Waals surface area contributed by atoms with Crippen molar-refractivity contribution in [3.63, 3.8) is 0 Å². The van der Waals surface area contributed by atoms with Crippen molar-refractivity contribution in [2.75, 3.05) is 0 Å². The highest BCUT2D eigenvalue weighted by atomic mass is 79.9. The van der Waals surface area contributed by atoms with E-state index in [1.165, 1.54) is 0 Å². The predicted octanol–water partition coefficient (Wildman–Crippen LogP) is 3.58. The first-order valence-corrected chi connectivity index (χ1v) is 7.47. The lowest BCUT2D eigenvalue weighted by Gasteiger charge is -2.12. The summed E-state index contributed by atoms with van der Waals surface area (Å²) in [7, 11) is 0. The van der Waals surface area contributed by atoms with E-state index in [1.807, 2.05) is 48.5 Å². The minimum atomic E-state index is -1.03. The zero-order valence-corrected chi connectivity index (χ0v) is 13.1. The number of aliphatic carboxylic acids is 1. The number of fused-ring (bicyclic) bond motifs is 1. The van der Waals surface area contributed by atoms with Crippen molar-refractivity contribution < 1.29 is 9.90 Å². The Bertz CT molecular complexity index is 931. The summed E-state index contributed by atoms with van der Waals surface area (Å²) >= 11 is 3.42. The monoisotopic (exact) mass is 357 g/mol. The van der Waals surface area contributed by atoms with Crippen LogP contribution in [0.15, 0.2) is 57.8 Å². The van der Waals surface area contributed by atoms with E-state index in [4.69, 9.17) is 5.11 Å². The SMILES string of the molecule is O=C(O)Cc1c(-c2cccc(Br)c2)c2ccccc2[nH]c1=O. The molecule has 5 heteroatoms. The number of benzene rings is 2. The van der Waals surface area contributed by atoms with Gasteiger partial charge in [-0.05, 0) is 23.8 Å². The first-order valence-electron chi connectivity index (χ1n) is 6.68. The lowest BCUT2D eigenvalue weighted by atomic mass is 9.95. The van der Waals surface area contributed by atoms with E-state index in [-0.39, 0.29) is 17.5 Å². The normalized spacial score (nSPS) is 10.8. The van der Waals surface area contributed by atoms with E-state index in [0.29, 0.717) is 11.1 Å². The number of carboxylic acid groups (broad SMARTS) is 1. The fourth-order valence-corrected chi connectivity index (χ4v) is 2.98. The van der Waals surface area contributed by atoms with Gasteiger partial charge in [-0.15, -0.1) is 0 Å². The summed E-state index contributed by atoms with van der Waals surface area (Å²) in [6, 6.07) is 14.9. The minimum absolute atomic E-state index is 0.268. The van der Waals surface area contributed by atoms with Crippen LogP contribution in [0.5, 0.6) is 0 Å². The van der Waals surface area contributed by atoms with Crippen LogP contribution in [0, 0.1) is 0 Å². The van der Waals surface area contributed by atoms with Crippen LogP contribution in [0.2, 0.25) is 0 Å². The molecule has 0 spiro atoms. The fourth-order valence-electron chi connectivity index (χ4n) is 2.58. The number of aromatic nitrogens is 1. The van der Waals surface area contributed by atoms with Crippen LogP contribution < -0.4 is 5.56 Å². The molecule has 3 aromatic rings. The molecule has 0 radical (unpaired) electrons. The average molecular weight is 358 g/mol. The van der Waals surface area contributed by atoms with Crippen molar-refractivity contribution in [1.82, 2.24) is 4.98 Å². The summed E-state index contributed by atoms with van der Waals surface area (Å²) in [6.07, 6.45) is -0.317. The third kappa shape index (κ3) is 2.67. The van der Waals surface area contributed by atoms with Gasteiger partial charge in [0.1, 0.15) is 0 Å². The third-order valence-electron chi connectivity index (χ3n) is 3.46. The van der Waals surface area contributed by atoms with Gasteiger partial charge in [0.15, 0.2) is 0 Å². The number of pyridine rings is 1. The van der Waals surface area contributed by atoms with Gasteiger partial charge >= 0.3 is 5.97 Å². The van der Waals surface area contributed by atoms with Crippen molar-refractivity contribution in [1.29, 1.82) is 0 Å². The van der Waals surface area contributed by atoms with Gasteiger partial charge < -0.3 is 10.1 Å². The van der Waals surface area contributed by atoms with Gasteiger partial charge in [0, 0.05) is 26.5 Å². The maximum Gasteiger partial charge on any atom is 0.308 e. The Morgan fingerprint density at radius 1 is 1.14 bits per heavy atom. The smallest absolute Gasteiger partial charge is 0.308 e. The summed E-state index contributed by atoms with van der Waals surface area (Å²) in [6.45, 7) is 0. The number of nitrogens with one attached hydrogen (secondary N) is 1. The van der Waals surface area contributed by atoms with E-state index >= 15 is 0 Å². The molecule has 0 unspecified atom stereocenters. The first kappa shape index (κ1) is 14.5. The Morgan fingerprint density at radius 3 is 2.64 bits per heavy atom. The standard InChI is InChI=1S/C17H12BrNO3/c18-11-5-3-4-10(8-11)16-12-6-1-2-7-14(12)19-17(22)13(16)9-15(20)21/h1-8H,9H2,(H,19,22)(H,20,21). The highest BCUT2D eigenvalue weighted by Gasteiger charge is 2.16. The van der Waals surface area contributed by atoms with Crippen LogP contribution in [0.25, 0.3) is 22.0 Å². The number of para-hydroxylation sites is 1. The van der Waals surface area contributed by atoms with Crippen LogP contribution >= 0.6 is 15.9 Å². The molecule has 110 valence electrons. The van der Waals surface area contributed by atoms with Crippen LogP contribution in [0.1, 0.15) is 5.56 Å². The molecule has 3 rings (SSSR count). The summed E-state index contributed by atoms with van der Waals surface area (Å²) in [5, 5.41) is 9.96. The second kappa shape index (κ2) is 5.77. The molecule has 0 aliphatic rings. The van der Waals surface area contributed by atoms with Crippen molar-refractivity contribution in [3.05, 3.63) is 68.9 Å². The molecule has 2 N–H and O–H groups in total. The summed E-state index contributed by atoms with van der Waals surface area (Å²) in [5.41, 5.74) is 2.08. The average Bonchev–Trinajstić information content (AvgIpc) is 2.47. The lowest BCUT2D eigenvalue weighted by molar-refractivity contribution is -0.136. The molecule has 0 aliphatic heterocycles. The fraction of sp³-hybridized carbons (Fsp3) is 0.0588. The van der Waals surface area contributed by atoms with E-state index in [9.17, 15) is 9.59 Å². The van der Waals surface area contributed by atoms with Gasteiger partial charge in [-0.25, -0.2) is 0 Å². The van der Waals surface area contributed by atoms with E-state index in [0.717, 1.165) is 15.4 Å². The van der Waals surface area contributed by atoms with Gasteiger partial charge in [0.25, 0.3) is 5.56 Å². The van der Waals surface area contributed by atoms with Gasteiger partial charge in [0.2, 0.25) is 0 Å². The van der Waals surface area contributed by atoms with Crippen molar-refractivity contribution in [2.45, 2.75) is 6.42 Å². The van der Waals surface area contributed by atoms with Gasteiger partial charge in [-0.3, -0.25) is 9.59 Å². The molecule has 0 amide bonds. The van der Waals surface area contributed by atoms with Crippen LogP contribution in [-0.4, -0.2) is 16.1 Å². The lowest BCUT2D eigenvalue weighted by Crippen LogP contribution is -2.18. The topological polar surface area (TPSA) is 70.2 Å². The third-order valence-corrected chi connectivity index (χ3v) is 3.96. The van der Waals surface area contributed by atoms with Crippen LogP contribution in [0.4, 0.5) is 0 Å². The Balaban J connectivity index is 2.42. The maximum atomic E-state index is 12.3. The zero-order chi connectivity index (χ0) is 15.7.